The molecule has 0 aromatic heterocycles. The molecule has 0 saturated heterocycles. The third-order valence-corrected chi connectivity index (χ3v) is 6.02. The molecule has 1 aromatic carbocycles. The molecule has 0 saturated carbocycles. The summed E-state index contributed by atoms with van der Waals surface area (Å²) in [5, 5.41) is 9.31. The molecule has 0 bridgehead atoms. The molecule has 0 fully saturated rings. The minimum absolute atomic E-state index is 0.257. The van der Waals surface area contributed by atoms with Gasteiger partial charge in [-0.1, -0.05) is 89.8 Å². The lowest BCUT2D eigenvalue weighted by molar-refractivity contribution is -0.137. The molecule has 0 radical (unpaired) electrons. The van der Waals surface area contributed by atoms with Gasteiger partial charge in [-0.2, -0.15) is 0 Å². The van der Waals surface area contributed by atoms with Gasteiger partial charge in [-0.3, -0.25) is 4.79 Å². The van der Waals surface area contributed by atoms with Crippen LogP contribution in [0.4, 0.5) is 0 Å². The Labute approximate surface area is 152 Å². The van der Waals surface area contributed by atoms with E-state index >= 15 is 0 Å². The van der Waals surface area contributed by atoms with Gasteiger partial charge in [0.15, 0.2) is 0 Å². The van der Waals surface area contributed by atoms with Gasteiger partial charge in [0.05, 0.1) is 0 Å². The summed E-state index contributed by atoms with van der Waals surface area (Å²) in [6.45, 7) is 4.37. The van der Waals surface area contributed by atoms with Crippen LogP contribution in [0.5, 0.6) is 0 Å². The zero-order chi connectivity index (χ0) is 17.6. The number of rotatable bonds is 14. The molecule has 0 aliphatic carbocycles. The molecular formula is C21H34O2S. The van der Waals surface area contributed by atoms with E-state index in [-0.39, 0.29) is 11.2 Å². The monoisotopic (exact) mass is 350 g/mol. The van der Waals surface area contributed by atoms with Gasteiger partial charge in [0.1, 0.15) is 5.25 Å². The first-order chi connectivity index (χ1) is 11.7. The number of unbranched alkanes of at least 4 members (excludes halogenated alkanes) is 7. The Kier molecular flexibility index (Phi) is 11.7. The average Bonchev–Trinajstić information content (AvgIpc) is 2.60. The molecule has 0 spiro atoms. The van der Waals surface area contributed by atoms with Crippen LogP contribution < -0.4 is 0 Å². The van der Waals surface area contributed by atoms with Gasteiger partial charge < -0.3 is 5.11 Å². The molecule has 2 atom stereocenters. The summed E-state index contributed by atoms with van der Waals surface area (Å²) in [6.07, 6.45) is 12.4. The predicted octanol–water partition coefficient (Wildman–Crippen LogP) is 6.79. The standard InChI is InChI=1S/C21H34O2S/c1-3-5-6-7-8-9-10-12-15-18(4-2)20(21(22)23)24-19-16-13-11-14-17-19/h11,13-14,16-18,20H,3-10,12,15H2,1-2H3,(H,22,23). The van der Waals surface area contributed by atoms with Crippen LogP contribution in [0.2, 0.25) is 0 Å². The highest BCUT2D eigenvalue weighted by atomic mass is 32.2. The molecule has 24 heavy (non-hydrogen) atoms. The number of aliphatic carboxylic acids is 1. The molecule has 0 aliphatic heterocycles. The minimum atomic E-state index is -0.671. The maximum absolute atomic E-state index is 11.7. The van der Waals surface area contributed by atoms with E-state index in [0.29, 0.717) is 0 Å². The Hall–Kier alpha value is -0.960. The number of carbonyl (C=O) groups is 1. The normalized spacial score (nSPS) is 13.6. The SMILES string of the molecule is CCCCCCCCCCC(CC)C(Sc1ccccc1)C(=O)O. The van der Waals surface area contributed by atoms with Crippen LogP contribution in [0.3, 0.4) is 0 Å². The summed E-state index contributed by atoms with van der Waals surface area (Å²) >= 11 is 1.51. The van der Waals surface area contributed by atoms with E-state index in [1.807, 2.05) is 30.3 Å². The molecule has 136 valence electrons. The van der Waals surface area contributed by atoms with Crippen molar-refractivity contribution in [2.45, 2.75) is 88.2 Å². The predicted molar refractivity (Wildman–Crippen MR) is 105 cm³/mol. The maximum atomic E-state index is 11.7. The quantitative estimate of drug-likeness (QED) is 0.296. The first kappa shape index (κ1) is 21.1. The van der Waals surface area contributed by atoms with Crippen molar-refractivity contribution in [3.63, 3.8) is 0 Å². The van der Waals surface area contributed by atoms with Gasteiger partial charge in [-0.15, -0.1) is 11.8 Å². The minimum Gasteiger partial charge on any atom is -0.480 e. The third-order valence-electron chi connectivity index (χ3n) is 4.63. The van der Waals surface area contributed by atoms with Crippen molar-refractivity contribution in [2.75, 3.05) is 0 Å². The lowest BCUT2D eigenvalue weighted by Crippen LogP contribution is -2.26. The zero-order valence-corrected chi connectivity index (χ0v) is 16.2. The van der Waals surface area contributed by atoms with E-state index in [4.69, 9.17) is 0 Å². The van der Waals surface area contributed by atoms with Crippen LogP contribution in [0.15, 0.2) is 35.2 Å². The smallest absolute Gasteiger partial charge is 0.317 e. The highest BCUT2D eigenvalue weighted by Gasteiger charge is 2.27. The molecule has 1 N–H and O–H groups in total. The van der Waals surface area contributed by atoms with Crippen molar-refractivity contribution >= 4 is 17.7 Å². The molecule has 2 nitrogen and oxygen atoms in total. The Morgan fingerprint density at radius 1 is 0.958 bits per heavy atom. The summed E-state index contributed by atoms with van der Waals surface area (Å²) in [6, 6.07) is 9.92. The van der Waals surface area contributed by atoms with E-state index in [1.165, 1.54) is 56.7 Å². The third kappa shape index (κ3) is 8.77. The van der Waals surface area contributed by atoms with Gasteiger partial charge in [0.25, 0.3) is 0 Å². The second-order valence-corrected chi connectivity index (χ2v) is 7.84. The number of thioether (sulfide) groups is 1. The van der Waals surface area contributed by atoms with E-state index in [9.17, 15) is 9.90 Å². The number of carboxylic acids is 1. The molecule has 0 heterocycles. The Morgan fingerprint density at radius 2 is 1.54 bits per heavy atom. The van der Waals surface area contributed by atoms with Crippen molar-refractivity contribution in [3.8, 4) is 0 Å². The summed E-state index contributed by atoms with van der Waals surface area (Å²) in [5.74, 6) is -0.414. The molecular weight excluding hydrogens is 316 g/mol. The van der Waals surface area contributed by atoms with E-state index in [2.05, 4.69) is 13.8 Å². The highest BCUT2D eigenvalue weighted by molar-refractivity contribution is 8.00. The summed E-state index contributed by atoms with van der Waals surface area (Å²) in [7, 11) is 0. The molecule has 2 unspecified atom stereocenters. The summed E-state index contributed by atoms with van der Waals surface area (Å²) < 4.78 is 0. The molecule has 0 aliphatic rings. The number of carboxylic acid groups (broad SMARTS) is 1. The van der Waals surface area contributed by atoms with Crippen LogP contribution in [0.1, 0.15) is 78.1 Å². The van der Waals surface area contributed by atoms with Gasteiger partial charge >= 0.3 is 5.97 Å². The first-order valence-electron chi connectivity index (χ1n) is 9.63. The van der Waals surface area contributed by atoms with Crippen molar-refractivity contribution < 1.29 is 9.90 Å². The molecule has 3 heteroatoms. The van der Waals surface area contributed by atoms with E-state index in [0.717, 1.165) is 24.2 Å². The van der Waals surface area contributed by atoms with Crippen molar-refractivity contribution in [1.29, 1.82) is 0 Å². The fourth-order valence-electron chi connectivity index (χ4n) is 3.10. The van der Waals surface area contributed by atoms with E-state index < -0.39 is 5.97 Å². The molecule has 0 amide bonds. The van der Waals surface area contributed by atoms with E-state index in [1.54, 1.807) is 0 Å². The van der Waals surface area contributed by atoms with Gasteiger partial charge in [-0.25, -0.2) is 0 Å². The largest absolute Gasteiger partial charge is 0.480 e. The van der Waals surface area contributed by atoms with Crippen LogP contribution in [-0.4, -0.2) is 16.3 Å². The van der Waals surface area contributed by atoms with Gasteiger partial charge in [0, 0.05) is 4.90 Å². The number of benzene rings is 1. The topological polar surface area (TPSA) is 37.3 Å². The molecule has 1 aromatic rings. The fraction of sp³-hybridized carbons (Fsp3) is 0.667. The van der Waals surface area contributed by atoms with Crippen LogP contribution >= 0.6 is 11.8 Å². The number of hydrogen-bond donors (Lipinski definition) is 1. The van der Waals surface area contributed by atoms with Crippen molar-refractivity contribution in [3.05, 3.63) is 30.3 Å². The Balaban J connectivity index is 2.34. The second-order valence-electron chi connectivity index (χ2n) is 6.62. The molecule has 1 rings (SSSR count). The number of hydrogen-bond acceptors (Lipinski definition) is 2. The Morgan fingerprint density at radius 3 is 2.08 bits per heavy atom. The zero-order valence-electron chi connectivity index (χ0n) is 15.4. The fourth-order valence-corrected chi connectivity index (χ4v) is 4.33. The highest BCUT2D eigenvalue weighted by Crippen LogP contribution is 2.32. The summed E-state index contributed by atoms with van der Waals surface area (Å²) in [5.41, 5.74) is 0. The van der Waals surface area contributed by atoms with Crippen LogP contribution in [-0.2, 0) is 4.79 Å². The second kappa shape index (κ2) is 13.3. The maximum Gasteiger partial charge on any atom is 0.317 e. The lowest BCUT2D eigenvalue weighted by Gasteiger charge is -2.22. The van der Waals surface area contributed by atoms with Crippen molar-refractivity contribution in [2.24, 2.45) is 5.92 Å². The van der Waals surface area contributed by atoms with Crippen molar-refractivity contribution in [1.82, 2.24) is 0 Å². The summed E-state index contributed by atoms with van der Waals surface area (Å²) in [4.78, 5) is 12.8. The van der Waals surface area contributed by atoms with Crippen LogP contribution in [0.25, 0.3) is 0 Å². The van der Waals surface area contributed by atoms with Gasteiger partial charge in [0.2, 0.25) is 0 Å². The Bertz CT molecular complexity index is 433. The van der Waals surface area contributed by atoms with Gasteiger partial charge in [-0.05, 0) is 24.5 Å². The average molecular weight is 351 g/mol. The lowest BCUT2D eigenvalue weighted by atomic mass is 9.94. The first-order valence-corrected chi connectivity index (χ1v) is 10.5. The van der Waals surface area contributed by atoms with Crippen LogP contribution in [0, 0.1) is 5.92 Å².